The highest BCUT2D eigenvalue weighted by molar-refractivity contribution is 6.23. The van der Waals surface area contributed by atoms with E-state index in [1.165, 1.54) is 49.5 Å². The van der Waals surface area contributed by atoms with Crippen LogP contribution in [0.2, 0.25) is 0 Å². The Balaban J connectivity index is 1.64. The van der Waals surface area contributed by atoms with Gasteiger partial charge in [0, 0.05) is 12.1 Å². The van der Waals surface area contributed by atoms with Crippen LogP contribution in [0.3, 0.4) is 0 Å². The minimum Gasteiger partial charge on any atom is -0.493 e. The quantitative estimate of drug-likeness (QED) is 0.443. The molecule has 0 saturated carbocycles. The predicted octanol–water partition coefficient (Wildman–Crippen LogP) is 4.00. The van der Waals surface area contributed by atoms with E-state index in [1.807, 2.05) is 0 Å². The van der Waals surface area contributed by atoms with E-state index in [0.717, 1.165) is 28.7 Å². The monoisotopic (exact) mass is 494 g/mol. The second kappa shape index (κ2) is 10.6. The molecule has 186 valence electrons. The molecule has 3 amide bonds. The van der Waals surface area contributed by atoms with Gasteiger partial charge in [0.15, 0.2) is 11.5 Å². The normalized spacial score (nSPS) is 15.2. The molecule has 0 N–H and O–H groups in total. The van der Waals surface area contributed by atoms with Crippen LogP contribution in [0.1, 0.15) is 22.3 Å². The van der Waals surface area contributed by atoms with Crippen LogP contribution in [-0.2, 0) is 16.0 Å². The van der Waals surface area contributed by atoms with Gasteiger partial charge in [0.1, 0.15) is 17.7 Å². The van der Waals surface area contributed by atoms with Crippen LogP contribution in [0.4, 0.5) is 14.5 Å². The van der Waals surface area contributed by atoms with Crippen molar-refractivity contribution >= 4 is 23.4 Å². The highest BCUT2D eigenvalue weighted by Gasteiger charge is 2.44. The first-order valence-corrected chi connectivity index (χ1v) is 11.2. The Labute approximate surface area is 206 Å². The zero-order chi connectivity index (χ0) is 25.8. The fourth-order valence-electron chi connectivity index (χ4n) is 4.19. The van der Waals surface area contributed by atoms with Crippen molar-refractivity contribution in [2.24, 2.45) is 0 Å². The van der Waals surface area contributed by atoms with Gasteiger partial charge in [-0.3, -0.25) is 14.4 Å². The molecule has 7 nitrogen and oxygen atoms in total. The molecular formula is C27H24F2N2O5. The Morgan fingerprint density at radius 2 is 1.67 bits per heavy atom. The maximum absolute atomic E-state index is 13.9. The van der Waals surface area contributed by atoms with Gasteiger partial charge in [-0.25, -0.2) is 13.7 Å². The van der Waals surface area contributed by atoms with Gasteiger partial charge < -0.3 is 14.4 Å². The molecule has 1 fully saturated rings. The van der Waals surface area contributed by atoms with Crippen LogP contribution in [0.15, 0.2) is 66.7 Å². The second-order valence-corrected chi connectivity index (χ2v) is 8.21. The Morgan fingerprint density at radius 1 is 0.944 bits per heavy atom. The van der Waals surface area contributed by atoms with Crippen molar-refractivity contribution < 1.29 is 32.6 Å². The minimum absolute atomic E-state index is 0.0581. The third-order valence-corrected chi connectivity index (χ3v) is 6.01. The number of ether oxygens (including phenoxy) is 2. The van der Waals surface area contributed by atoms with Gasteiger partial charge in [0.05, 0.1) is 26.3 Å². The van der Waals surface area contributed by atoms with Crippen molar-refractivity contribution in [2.75, 3.05) is 25.7 Å². The molecule has 0 aliphatic carbocycles. The second-order valence-electron chi connectivity index (χ2n) is 8.21. The number of halogens is 2. The van der Waals surface area contributed by atoms with Gasteiger partial charge >= 0.3 is 0 Å². The number of anilines is 1. The van der Waals surface area contributed by atoms with Crippen molar-refractivity contribution in [3.05, 3.63) is 89.5 Å². The van der Waals surface area contributed by atoms with E-state index in [1.54, 1.807) is 18.2 Å². The third-order valence-electron chi connectivity index (χ3n) is 6.01. The molecule has 1 heterocycles. The van der Waals surface area contributed by atoms with E-state index >= 15 is 0 Å². The van der Waals surface area contributed by atoms with Gasteiger partial charge in [-0.1, -0.05) is 12.1 Å². The van der Waals surface area contributed by atoms with E-state index in [0.29, 0.717) is 17.9 Å². The first-order chi connectivity index (χ1) is 17.3. The van der Waals surface area contributed by atoms with Crippen molar-refractivity contribution in [1.82, 2.24) is 4.90 Å². The van der Waals surface area contributed by atoms with E-state index in [2.05, 4.69) is 0 Å². The summed E-state index contributed by atoms with van der Waals surface area (Å²) in [4.78, 5) is 41.8. The highest BCUT2D eigenvalue weighted by Crippen LogP contribution is 2.30. The molecule has 0 bridgehead atoms. The SMILES string of the molecule is COc1ccc(CCN(C(=O)c2cccc(F)c2)C2CC(=O)N(c3ccc(F)cc3)C2=O)cc1OC. The molecule has 0 aromatic heterocycles. The maximum atomic E-state index is 13.9. The molecule has 1 aliphatic heterocycles. The number of benzene rings is 3. The molecule has 1 aliphatic rings. The average Bonchev–Trinajstić information content (AvgIpc) is 3.17. The molecule has 1 saturated heterocycles. The number of hydrogen-bond donors (Lipinski definition) is 0. The molecule has 36 heavy (non-hydrogen) atoms. The molecule has 1 unspecified atom stereocenters. The standard InChI is InChI=1S/C27H24F2N2O5/c1-35-23-11-6-17(14-24(23)36-2)12-13-30(26(33)18-4-3-5-20(29)15-18)22-16-25(32)31(27(22)34)21-9-7-19(28)8-10-21/h3-11,14-15,22H,12-13,16H2,1-2H3. The van der Waals surface area contributed by atoms with Crippen LogP contribution in [0, 0.1) is 11.6 Å². The van der Waals surface area contributed by atoms with E-state index in [9.17, 15) is 23.2 Å². The summed E-state index contributed by atoms with van der Waals surface area (Å²) < 4.78 is 37.8. The fraction of sp³-hybridized carbons (Fsp3) is 0.222. The Hall–Kier alpha value is -4.27. The Bertz CT molecular complexity index is 1300. The van der Waals surface area contributed by atoms with Crippen LogP contribution in [0.25, 0.3) is 0 Å². The smallest absolute Gasteiger partial charge is 0.257 e. The van der Waals surface area contributed by atoms with E-state index in [-0.39, 0.29) is 24.2 Å². The third kappa shape index (κ3) is 5.05. The molecule has 3 aromatic rings. The van der Waals surface area contributed by atoms with Crippen LogP contribution in [-0.4, -0.2) is 49.4 Å². The van der Waals surface area contributed by atoms with Crippen molar-refractivity contribution in [3.63, 3.8) is 0 Å². The van der Waals surface area contributed by atoms with Gasteiger partial charge in [-0.05, 0) is 66.6 Å². The van der Waals surface area contributed by atoms with Crippen LogP contribution >= 0.6 is 0 Å². The number of imide groups is 1. The molecule has 4 rings (SSSR count). The minimum atomic E-state index is -1.10. The first-order valence-electron chi connectivity index (χ1n) is 11.2. The zero-order valence-corrected chi connectivity index (χ0v) is 19.7. The lowest BCUT2D eigenvalue weighted by molar-refractivity contribution is -0.122. The number of rotatable bonds is 8. The number of methoxy groups -OCH3 is 2. The molecule has 3 aromatic carbocycles. The van der Waals surface area contributed by atoms with Crippen LogP contribution < -0.4 is 14.4 Å². The number of hydrogen-bond acceptors (Lipinski definition) is 5. The largest absolute Gasteiger partial charge is 0.493 e. The average molecular weight is 494 g/mol. The number of nitrogens with zero attached hydrogens (tertiary/aromatic N) is 2. The molecular weight excluding hydrogens is 470 g/mol. The fourth-order valence-corrected chi connectivity index (χ4v) is 4.19. The molecule has 0 radical (unpaired) electrons. The van der Waals surface area contributed by atoms with Crippen molar-refractivity contribution in [3.8, 4) is 11.5 Å². The summed E-state index contributed by atoms with van der Waals surface area (Å²) in [6, 6.07) is 14.3. The predicted molar refractivity (Wildman–Crippen MR) is 128 cm³/mol. The lowest BCUT2D eigenvalue weighted by atomic mass is 10.1. The number of amides is 3. The zero-order valence-electron chi connectivity index (χ0n) is 19.7. The summed E-state index contributed by atoms with van der Waals surface area (Å²) >= 11 is 0. The molecule has 9 heteroatoms. The maximum Gasteiger partial charge on any atom is 0.257 e. The summed E-state index contributed by atoms with van der Waals surface area (Å²) in [5, 5.41) is 0. The van der Waals surface area contributed by atoms with Gasteiger partial charge in [-0.15, -0.1) is 0 Å². The first kappa shape index (κ1) is 24.8. The van der Waals surface area contributed by atoms with Crippen molar-refractivity contribution in [1.29, 1.82) is 0 Å². The molecule has 0 spiro atoms. The van der Waals surface area contributed by atoms with Crippen LogP contribution in [0.5, 0.6) is 11.5 Å². The summed E-state index contributed by atoms with van der Waals surface area (Å²) in [6.45, 7) is 0.0752. The summed E-state index contributed by atoms with van der Waals surface area (Å²) in [6.07, 6.45) is 0.0825. The summed E-state index contributed by atoms with van der Waals surface area (Å²) in [7, 11) is 3.03. The topological polar surface area (TPSA) is 76.2 Å². The van der Waals surface area contributed by atoms with Gasteiger partial charge in [0.25, 0.3) is 11.8 Å². The van der Waals surface area contributed by atoms with Gasteiger partial charge in [-0.2, -0.15) is 0 Å². The summed E-state index contributed by atoms with van der Waals surface area (Å²) in [5.41, 5.74) is 1.08. The number of carbonyl (C=O) groups excluding carboxylic acids is 3. The van der Waals surface area contributed by atoms with E-state index in [4.69, 9.17) is 9.47 Å². The lowest BCUT2D eigenvalue weighted by Crippen LogP contribution is -2.46. The Kier molecular flexibility index (Phi) is 7.28. The summed E-state index contributed by atoms with van der Waals surface area (Å²) in [5.74, 6) is -1.76. The highest BCUT2D eigenvalue weighted by atomic mass is 19.1. The number of carbonyl (C=O) groups is 3. The van der Waals surface area contributed by atoms with Crippen molar-refractivity contribution in [2.45, 2.75) is 18.9 Å². The Morgan fingerprint density at radius 3 is 2.33 bits per heavy atom. The van der Waals surface area contributed by atoms with E-state index < -0.39 is 35.4 Å². The lowest BCUT2D eigenvalue weighted by Gasteiger charge is -2.28. The van der Waals surface area contributed by atoms with Gasteiger partial charge in [0.2, 0.25) is 5.91 Å². The molecule has 1 atom stereocenters.